The first-order valence-corrected chi connectivity index (χ1v) is 6.83. The minimum atomic E-state index is -0.0805. The summed E-state index contributed by atoms with van der Waals surface area (Å²) in [5.41, 5.74) is 7.14. The summed E-state index contributed by atoms with van der Waals surface area (Å²) in [6, 6.07) is 1.90. The van der Waals surface area contributed by atoms with Crippen LogP contribution in [0.1, 0.15) is 50.3 Å². The average molecular weight is 266 g/mol. The fourth-order valence-corrected chi connectivity index (χ4v) is 2.03. The van der Waals surface area contributed by atoms with E-state index in [-0.39, 0.29) is 17.4 Å². The molecule has 0 bridgehead atoms. The van der Waals surface area contributed by atoms with E-state index in [1.807, 2.05) is 13.0 Å². The van der Waals surface area contributed by atoms with Crippen LogP contribution < -0.4 is 11.1 Å². The van der Waals surface area contributed by atoms with E-state index in [1.165, 1.54) is 0 Å². The summed E-state index contributed by atoms with van der Waals surface area (Å²) in [5, 5.41) is 7.37. The summed E-state index contributed by atoms with van der Waals surface area (Å²) < 4.78 is 1.64. The molecule has 5 nitrogen and oxygen atoms in total. The first kappa shape index (κ1) is 15.7. The molecule has 1 aromatic rings. The summed E-state index contributed by atoms with van der Waals surface area (Å²) in [6.07, 6.45) is 1.60. The van der Waals surface area contributed by atoms with Crippen molar-refractivity contribution < 1.29 is 4.79 Å². The van der Waals surface area contributed by atoms with Gasteiger partial charge in [-0.05, 0) is 30.9 Å². The van der Waals surface area contributed by atoms with Gasteiger partial charge in [-0.1, -0.05) is 27.7 Å². The topological polar surface area (TPSA) is 72.9 Å². The van der Waals surface area contributed by atoms with E-state index in [4.69, 9.17) is 5.73 Å². The van der Waals surface area contributed by atoms with Gasteiger partial charge in [0.15, 0.2) is 0 Å². The molecule has 1 amide bonds. The van der Waals surface area contributed by atoms with Gasteiger partial charge >= 0.3 is 0 Å². The van der Waals surface area contributed by atoms with Gasteiger partial charge in [-0.25, -0.2) is 0 Å². The van der Waals surface area contributed by atoms with Crippen molar-refractivity contribution in [2.45, 2.75) is 46.6 Å². The number of nitrogens with two attached hydrogens (primary N) is 1. The van der Waals surface area contributed by atoms with Gasteiger partial charge in [-0.2, -0.15) is 5.10 Å². The highest BCUT2D eigenvalue weighted by Crippen LogP contribution is 2.21. The Hall–Kier alpha value is -1.36. The monoisotopic (exact) mass is 266 g/mol. The first-order chi connectivity index (χ1) is 8.79. The number of nitrogens with one attached hydrogen (secondary N) is 1. The van der Waals surface area contributed by atoms with Gasteiger partial charge in [-0.15, -0.1) is 0 Å². The maximum atomic E-state index is 12.3. The van der Waals surface area contributed by atoms with Gasteiger partial charge in [0, 0.05) is 13.1 Å². The molecule has 0 spiro atoms. The van der Waals surface area contributed by atoms with Crippen molar-refractivity contribution in [2.75, 3.05) is 6.54 Å². The minimum Gasteiger partial charge on any atom is -0.347 e. The van der Waals surface area contributed by atoms with E-state index in [9.17, 15) is 4.79 Å². The van der Waals surface area contributed by atoms with Crippen molar-refractivity contribution in [3.05, 3.63) is 17.5 Å². The van der Waals surface area contributed by atoms with Crippen molar-refractivity contribution in [2.24, 2.45) is 18.2 Å². The molecule has 1 aromatic heterocycles. The van der Waals surface area contributed by atoms with E-state index in [2.05, 4.69) is 31.2 Å². The van der Waals surface area contributed by atoms with Crippen LogP contribution in [0.3, 0.4) is 0 Å². The number of amides is 1. The van der Waals surface area contributed by atoms with Crippen molar-refractivity contribution in [1.82, 2.24) is 15.1 Å². The van der Waals surface area contributed by atoms with Crippen LogP contribution in [0.25, 0.3) is 0 Å². The average Bonchev–Trinajstić information content (AvgIpc) is 2.68. The predicted octanol–water partition coefficient (Wildman–Crippen LogP) is 1.48. The Morgan fingerprint density at radius 3 is 2.58 bits per heavy atom. The lowest BCUT2D eigenvalue weighted by atomic mass is 9.84. The summed E-state index contributed by atoms with van der Waals surface area (Å²) >= 11 is 0. The number of hydrogen-bond acceptors (Lipinski definition) is 3. The minimum absolute atomic E-state index is 0.0127. The molecule has 1 rings (SSSR count). The van der Waals surface area contributed by atoms with E-state index in [1.54, 1.807) is 11.7 Å². The Labute approximate surface area is 115 Å². The highest BCUT2D eigenvalue weighted by molar-refractivity contribution is 5.92. The number of aromatic nitrogens is 2. The molecule has 1 unspecified atom stereocenters. The van der Waals surface area contributed by atoms with Crippen molar-refractivity contribution in [3.8, 4) is 0 Å². The Morgan fingerprint density at radius 1 is 1.53 bits per heavy atom. The van der Waals surface area contributed by atoms with Gasteiger partial charge < -0.3 is 11.1 Å². The third kappa shape index (κ3) is 4.06. The maximum absolute atomic E-state index is 12.3. The Bertz CT molecular complexity index is 431. The molecule has 0 aromatic carbocycles. The predicted molar refractivity (Wildman–Crippen MR) is 77.0 cm³/mol. The first-order valence-electron chi connectivity index (χ1n) is 6.83. The van der Waals surface area contributed by atoms with Crippen LogP contribution in [0.4, 0.5) is 0 Å². The third-order valence-corrected chi connectivity index (χ3v) is 3.33. The van der Waals surface area contributed by atoms with Crippen molar-refractivity contribution >= 4 is 5.91 Å². The van der Waals surface area contributed by atoms with Crippen LogP contribution >= 0.6 is 0 Å². The number of carbonyl (C=O) groups is 1. The molecule has 3 N–H and O–H groups in total. The molecule has 0 aliphatic rings. The molecular weight excluding hydrogens is 240 g/mol. The van der Waals surface area contributed by atoms with Crippen molar-refractivity contribution in [3.63, 3.8) is 0 Å². The van der Waals surface area contributed by atoms with Gasteiger partial charge in [0.2, 0.25) is 0 Å². The lowest BCUT2D eigenvalue weighted by Gasteiger charge is -2.31. The summed E-state index contributed by atoms with van der Waals surface area (Å²) in [6.45, 7) is 8.90. The van der Waals surface area contributed by atoms with Gasteiger partial charge in [0.05, 0.1) is 5.69 Å². The third-order valence-electron chi connectivity index (χ3n) is 3.33. The molecule has 1 heterocycles. The molecule has 108 valence electrons. The Kier molecular flexibility index (Phi) is 5.11. The van der Waals surface area contributed by atoms with Crippen LogP contribution in [0.2, 0.25) is 0 Å². The number of carbonyl (C=O) groups excluding carboxylic acids is 1. The van der Waals surface area contributed by atoms with E-state index >= 15 is 0 Å². The van der Waals surface area contributed by atoms with Crippen LogP contribution in [0.15, 0.2) is 6.07 Å². The second-order valence-electron chi connectivity index (χ2n) is 5.97. The standard InChI is InChI=1S/C14H26N4O/c1-6-10-9-11(18(5)17-10)13(19)16-12(7-8-15)14(2,3)4/h9,12H,6-8,15H2,1-5H3,(H,16,19). The molecule has 1 atom stereocenters. The number of aryl methyl sites for hydroxylation is 2. The van der Waals surface area contributed by atoms with E-state index < -0.39 is 0 Å². The zero-order valence-electron chi connectivity index (χ0n) is 12.7. The van der Waals surface area contributed by atoms with Crippen LogP contribution in [-0.4, -0.2) is 28.3 Å². The largest absolute Gasteiger partial charge is 0.347 e. The fourth-order valence-electron chi connectivity index (χ4n) is 2.03. The van der Waals surface area contributed by atoms with Gasteiger partial charge in [0.25, 0.3) is 5.91 Å². The molecule has 0 aliphatic heterocycles. The van der Waals surface area contributed by atoms with Crippen LogP contribution in [0, 0.1) is 5.41 Å². The Balaban J connectivity index is 2.84. The molecule has 0 radical (unpaired) electrons. The Morgan fingerprint density at radius 2 is 2.16 bits per heavy atom. The SMILES string of the molecule is CCc1cc(C(=O)NC(CCN)C(C)(C)C)n(C)n1. The fraction of sp³-hybridized carbons (Fsp3) is 0.714. The molecule has 5 heteroatoms. The van der Waals surface area contributed by atoms with Gasteiger partial charge in [-0.3, -0.25) is 9.48 Å². The molecule has 0 saturated heterocycles. The summed E-state index contributed by atoms with van der Waals surface area (Å²) in [7, 11) is 1.79. The van der Waals surface area contributed by atoms with Crippen molar-refractivity contribution in [1.29, 1.82) is 0 Å². The molecule has 0 aliphatic carbocycles. The lowest BCUT2D eigenvalue weighted by Crippen LogP contribution is -2.45. The van der Waals surface area contributed by atoms with Crippen LogP contribution in [-0.2, 0) is 13.5 Å². The molecular formula is C14H26N4O. The highest BCUT2D eigenvalue weighted by Gasteiger charge is 2.26. The van der Waals surface area contributed by atoms with E-state index in [0.717, 1.165) is 18.5 Å². The maximum Gasteiger partial charge on any atom is 0.269 e. The van der Waals surface area contributed by atoms with Gasteiger partial charge in [0.1, 0.15) is 5.69 Å². The normalized spacial score (nSPS) is 13.4. The summed E-state index contributed by atoms with van der Waals surface area (Å²) in [5.74, 6) is -0.0805. The second-order valence-corrected chi connectivity index (χ2v) is 5.97. The lowest BCUT2D eigenvalue weighted by molar-refractivity contribution is 0.0889. The number of nitrogens with zero attached hydrogens (tertiary/aromatic N) is 2. The number of rotatable bonds is 5. The second kappa shape index (κ2) is 6.19. The number of hydrogen-bond donors (Lipinski definition) is 2. The molecule has 0 fully saturated rings. The van der Waals surface area contributed by atoms with E-state index in [0.29, 0.717) is 12.2 Å². The highest BCUT2D eigenvalue weighted by atomic mass is 16.2. The van der Waals surface area contributed by atoms with Crippen LogP contribution in [0.5, 0.6) is 0 Å². The quantitative estimate of drug-likeness (QED) is 0.847. The zero-order valence-corrected chi connectivity index (χ0v) is 12.7. The zero-order chi connectivity index (χ0) is 14.6. The smallest absolute Gasteiger partial charge is 0.269 e. The molecule has 19 heavy (non-hydrogen) atoms. The summed E-state index contributed by atoms with van der Waals surface area (Å²) in [4.78, 5) is 12.3. The molecule has 0 saturated carbocycles.